The first-order valence-corrected chi connectivity index (χ1v) is 9.86. The number of likely N-dealkylation sites (N-methyl/N-ethyl adjacent to an activating group) is 1. The molecule has 3 rings (SSSR count). The van der Waals surface area contributed by atoms with Gasteiger partial charge in [0.05, 0.1) is 18.3 Å². The first-order chi connectivity index (χ1) is 14.4. The summed E-state index contributed by atoms with van der Waals surface area (Å²) in [6, 6.07) is 19.4. The van der Waals surface area contributed by atoms with Crippen LogP contribution in [0.5, 0.6) is 0 Å². The Kier molecular flexibility index (Phi) is 6.69. The van der Waals surface area contributed by atoms with Crippen LogP contribution in [0.25, 0.3) is 10.8 Å². The maximum atomic E-state index is 13.2. The molecule has 0 aliphatic carbocycles. The second-order valence-corrected chi connectivity index (χ2v) is 7.23. The molecule has 3 aromatic rings. The van der Waals surface area contributed by atoms with E-state index in [0.29, 0.717) is 12.1 Å². The highest BCUT2D eigenvalue weighted by Crippen LogP contribution is 2.24. The molecule has 0 bridgehead atoms. The van der Waals surface area contributed by atoms with E-state index >= 15 is 0 Å². The molecule has 0 aromatic heterocycles. The first-order valence-electron chi connectivity index (χ1n) is 9.86. The fourth-order valence-electron chi connectivity index (χ4n) is 3.54. The Morgan fingerprint density at radius 2 is 1.63 bits per heavy atom. The van der Waals surface area contributed by atoms with Gasteiger partial charge in [-0.3, -0.25) is 4.79 Å². The highest BCUT2D eigenvalue weighted by atomic mass is 16.5. The summed E-state index contributed by atoms with van der Waals surface area (Å²) in [4.78, 5) is 26.5. The van der Waals surface area contributed by atoms with Gasteiger partial charge in [-0.2, -0.15) is 0 Å². The lowest BCUT2D eigenvalue weighted by Crippen LogP contribution is -2.50. The molecular weight excluding hydrogens is 380 g/mol. The first kappa shape index (κ1) is 21.3. The van der Waals surface area contributed by atoms with Gasteiger partial charge in [0.2, 0.25) is 0 Å². The lowest BCUT2D eigenvalue weighted by Gasteiger charge is -2.31. The van der Waals surface area contributed by atoms with Crippen molar-refractivity contribution < 1.29 is 19.4 Å². The predicted octanol–water partition coefficient (Wildman–Crippen LogP) is 3.94. The molecule has 0 spiro atoms. The summed E-state index contributed by atoms with van der Waals surface area (Å²) in [6.45, 7) is 2.11. The molecular formula is C24H26N2O4. The zero-order valence-electron chi connectivity index (χ0n) is 17.1. The van der Waals surface area contributed by atoms with Gasteiger partial charge in [-0.1, -0.05) is 61.5 Å². The van der Waals surface area contributed by atoms with E-state index in [4.69, 9.17) is 10.5 Å². The van der Waals surface area contributed by atoms with Crippen molar-refractivity contribution in [2.75, 3.05) is 12.8 Å². The summed E-state index contributed by atoms with van der Waals surface area (Å²) >= 11 is 0. The van der Waals surface area contributed by atoms with E-state index in [0.717, 1.165) is 16.3 Å². The van der Waals surface area contributed by atoms with Crippen molar-refractivity contribution in [3.05, 3.63) is 77.9 Å². The van der Waals surface area contributed by atoms with Crippen molar-refractivity contribution in [3.63, 3.8) is 0 Å². The fourth-order valence-corrected chi connectivity index (χ4v) is 3.54. The number of hydrogen-bond donors (Lipinski definition) is 2. The zero-order chi connectivity index (χ0) is 21.7. The number of carboxylic acids is 1. The average Bonchev–Trinajstić information content (AvgIpc) is 2.75. The molecule has 3 N–H and O–H groups in total. The Morgan fingerprint density at radius 1 is 1.03 bits per heavy atom. The number of anilines is 1. The predicted molar refractivity (Wildman–Crippen MR) is 117 cm³/mol. The number of nitrogens with zero attached hydrogens (tertiary/aromatic N) is 1. The number of nitrogen functional groups attached to an aromatic ring is 1. The van der Waals surface area contributed by atoms with Gasteiger partial charge in [-0.25, -0.2) is 4.79 Å². The molecule has 1 amide bonds. The Balaban J connectivity index is 1.84. The van der Waals surface area contributed by atoms with Crippen LogP contribution < -0.4 is 5.73 Å². The Hall–Kier alpha value is -3.38. The van der Waals surface area contributed by atoms with Crippen molar-refractivity contribution in [3.8, 4) is 0 Å². The monoisotopic (exact) mass is 406 g/mol. The smallest absolute Gasteiger partial charge is 0.329 e. The fraction of sp³-hybridized carbons (Fsp3) is 0.250. The number of benzene rings is 3. The molecule has 0 fully saturated rings. The normalized spacial score (nSPS) is 13.0. The van der Waals surface area contributed by atoms with Gasteiger partial charge in [0, 0.05) is 12.7 Å². The minimum atomic E-state index is -1.14. The number of carbonyl (C=O) groups excluding carboxylic acids is 1. The summed E-state index contributed by atoms with van der Waals surface area (Å²) in [5.74, 6) is -1.57. The van der Waals surface area contributed by atoms with Crippen molar-refractivity contribution in [1.82, 2.24) is 4.90 Å². The molecule has 156 valence electrons. The number of amides is 1. The molecule has 0 saturated heterocycles. The molecule has 0 aliphatic rings. The number of carbonyl (C=O) groups is 2. The van der Waals surface area contributed by atoms with Gasteiger partial charge >= 0.3 is 5.97 Å². The van der Waals surface area contributed by atoms with E-state index in [1.165, 1.54) is 11.9 Å². The molecule has 0 heterocycles. The van der Waals surface area contributed by atoms with Crippen LogP contribution in [0.2, 0.25) is 0 Å². The van der Waals surface area contributed by atoms with Gasteiger partial charge in [-0.15, -0.1) is 0 Å². The highest BCUT2D eigenvalue weighted by molar-refractivity contribution is 6.05. The Bertz CT molecular complexity index is 1040. The van der Waals surface area contributed by atoms with Crippen LogP contribution in [0.4, 0.5) is 5.69 Å². The van der Waals surface area contributed by atoms with Crippen LogP contribution in [0.3, 0.4) is 0 Å². The van der Waals surface area contributed by atoms with Crippen molar-refractivity contribution in [1.29, 1.82) is 0 Å². The van der Waals surface area contributed by atoms with E-state index in [9.17, 15) is 14.7 Å². The van der Waals surface area contributed by atoms with E-state index in [2.05, 4.69) is 0 Å². The van der Waals surface area contributed by atoms with Crippen LogP contribution in [0, 0.1) is 0 Å². The summed E-state index contributed by atoms with van der Waals surface area (Å²) in [6.07, 6.45) is -0.229. The molecule has 6 heteroatoms. The number of nitrogens with two attached hydrogens (primary N) is 1. The Morgan fingerprint density at radius 3 is 2.23 bits per heavy atom. The molecule has 0 radical (unpaired) electrons. The van der Waals surface area contributed by atoms with Crippen LogP contribution in [0.1, 0.15) is 29.3 Å². The van der Waals surface area contributed by atoms with Gasteiger partial charge in [0.15, 0.2) is 6.04 Å². The summed E-state index contributed by atoms with van der Waals surface area (Å²) in [5.41, 5.74) is 7.65. The van der Waals surface area contributed by atoms with E-state index in [1.807, 2.05) is 61.5 Å². The van der Waals surface area contributed by atoms with Crippen LogP contribution in [-0.2, 0) is 16.1 Å². The van der Waals surface area contributed by atoms with Gasteiger partial charge in [0.1, 0.15) is 0 Å². The number of rotatable bonds is 8. The summed E-state index contributed by atoms with van der Waals surface area (Å²) < 4.78 is 5.90. The molecule has 6 nitrogen and oxygen atoms in total. The Labute approximate surface area is 175 Å². The zero-order valence-corrected chi connectivity index (χ0v) is 17.1. The average molecular weight is 406 g/mol. The maximum Gasteiger partial charge on any atom is 0.329 e. The highest BCUT2D eigenvalue weighted by Gasteiger charge is 2.35. The third kappa shape index (κ3) is 4.60. The van der Waals surface area contributed by atoms with Crippen LogP contribution >= 0.6 is 0 Å². The standard InChI is InChI=1S/C24H26N2O4/c1-3-21(30-15-16-9-5-4-6-10-16)22(24(28)29)26(2)23(27)19-13-17-11-7-8-12-18(17)14-20(19)25/h4-14,21-22H,3,15,25H2,1-2H3,(H,28,29)/t21-,22+/m1/s1. The second kappa shape index (κ2) is 9.41. The van der Waals surface area contributed by atoms with Crippen molar-refractivity contribution in [2.24, 2.45) is 0 Å². The van der Waals surface area contributed by atoms with E-state index in [-0.39, 0.29) is 12.2 Å². The number of ether oxygens (including phenoxy) is 1. The minimum Gasteiger partial charge on any atom is -0.480 e. The quantitative estimate of drug-likeness (QED) is 0.553. The third-order valence-electron chi connectivity index (χ3n) is 5.20. The van der Waals surface area contributed by atoms with Crippen molar-refractivity contribution in [2.45, 2.75) is 32.1 Å². The molecule has 3 aromatic carbocycles. The number of aliphatic carboxylic acids is 1. The molecule has 0 unspecified atom stereocenters. The van der Waals surface area contributed by atoms with Gasteiger partial charge in [-0.05, 0) is 34.9 Å². The van der Waals surface area contributed by atoms with Gasteiger partial charge < -0.3 is 20.5 Å². The molecule has 0 saturated carbocycles. The van der Waals surface area contributed by atoms with Crippen LogP contribution in [0.15, 0.2) is 66.7 Å². The summed E-state index contributed by atoms with van der Waals surface area (Å²) in [5, 5.41) is 11.7. The molecule has 0 aliphatic heterocycles. The SMILES string of the molecule is CC[C@@H](OCc1ccccc1)[C@@H](C(=O)O)N(C)C(=O)c1cc2ccccc2cc1N. The van der Waals surface area contributed by atoms with Gasteiger partial charge in [0.25, 0.3) is 5.91 Å². The van der Waals surface area contributed by atoms with E-state index < -0.39 is 24.0 Å². The minimum absolute atomic E-state index is 0.267. The number of carboxylic acid groups (broad SMARTS) is 1. The largest absolute Gasteiger partial charge is 0.480 e. The lowest BCUT2D eigenvalue weighted by molar-refractivity contribution is -0.148. The molecule has 30 heavy (non-hydrogen) atoms. The number of fused-ring (bicyclic) bond motifs is 1. The van der Waals surface area contributed by atoms with Crippen molar-refractivity contribution >= 4 is 28.3 Å². The number of hydrogen-bond acceptors (Lipinski definition) is 4. The summed E-state index contributed by atoms with van der Waals surface area (Å²) in [7, 11) is 1.48. The third-order valence-corrected chi connectivity index (χ3v) is 5.20. The lowest BCUT2D eigenvalue weighted by atomic mass is 10.0. The second-order valence-electron chi connectivity index (χ2n) is 7.23. The maximum absolute atomic E-state index is 13.2. The van der Waals surface area contributed by atoms with E-state index in [1.54, 1.807) is 12.1 Å². The topological polar surface area (TPSA) is 92.9 Å². The van der Waals surface area contributed by atoms with Crippen LogP contribution in [-0.4, -0.2) is 41.1 Å². The molecule has 2 atom stereocenters.